The highest BCUT2D eigenvalue weighted by Gasteiger charge is 2.32. The molecule has 0 radical (unpaired) electrons. The van der Waals surface area contributed by atoms with Gasteiger partial charge in [0, 0.05) is 33.2 Å². The molecule has 2 aromatic heterocycles. The number of aromatic nitrogens is 4. The molecule has 250 valence electrons. The molecule has 0 amide bonds. The van der Waals surface area contributed by atoms with E-state index >= 15 is 0 Å². The van der Waals surface area contributed by atoms with Crippen LogP contribution in [-0.4, -0.2) is 19.5 Å². The Hall–Kier alpha value is -6.29. The summed E-state index contributed by atoms with van der Waals surface area (Å²) < 4.78 is 85.5. The van der Waals surface area contributed by atoms with Crippen LogP contribution in [0.5, 0.6) is 0 Å². The van der Waals surface area contributed by atoms with E-state index in [1.54, 1.807) is 34.9 Å². The minimum Gasteiger partial charge on any atom is -0.309 e. The van der Waals surface area contributed by atoms with Gasteiger partial charge in [-0.25, -0.2) is 15.0 Å². The van der Waals surface area contributed by atoms with Crippen molar-refractivity contribution in [3.05, 3.63) is 157 Å². The molecule has 10 heteroatoms. The Morgan fingerprint density at radius 2 is 0.941 bits per heavy atom. The first kappa shape index (κ1) is 31.9. The number of halogens is 6. The summed E-state index contributed by atoms with van der Waals surface area (Å²) in [4.78, 5) is 14.4. The van der Waals surface area contributed by atoms with E-state index in [0.29, 0.717) is 56.0 Å². The second kappa shape index (κ2) is 12.2. The highest BCUT2D eigenvalue weighted by molar-refractivity contribution is 6.09. The maximum atomic E-state index is 14.0. The second-order valence-corrected chi connectivity index (χ2v) is 11.9. The molecule has 0 bridgehead atoms. The predicted molar refractivity (Wildman–Crippen MR) is 186 cm³/mol. The van der Waals surface area contributed by atoms with Gasteiger partial charge in [0.25, 0.3) is 0 Å². The maximum Gasteiger partial charge on any atom is 0.416 e. The molecule has 0 aliphatic heterocycles. The average Bonchev–Trinajstić information content (AvgIpc) is 3.48. The molecule has 0 saturated heterocycles. The summed E-state index contributed by atoms with van der Waals surface area (Å²) >= 11 is 0. The molecule has 0 fully saturated rings. The smallest absolute Gasteiger partial charge is 0.309 e. The molecule has 0 saturated carbocycles. The standard InChI is InChI=1S/C41H24F6N4/c42-40(43,44)28-15-9-14-27(22-28)31-21-19-30(51-35-17-8-7-16-32(35)33-20-18-29(23-36(33)51)41(45,46)47)24-34(31)39-49-37(25-10-3-1-4-11-25)48-38(50-39)26-12-5-2-6-13-26/h1-24H. The summed E-state index contributed by atoms with van der Waals surface area (Å²) in [5.74, 6) is 0.853. The topological polar surface area (TPSA) is 43.6 Å². The highest BCUT2D eigenvalue weighted by Crippen LogP contribution is 2.41. The maximum absolute atomic E-state index is 14.0. The Bertz CT molecular complexity index is 2500. The third kappa shape index (κ3) is 5.99. The summed E-state index contributed by atoms with van der Waals surface area (Å²) in [5.41, 5.74) is 2.19. The van der Waals surface area contributed by atoms with Gasteiger partial charge < -0.3 is 4.57 Å². The number of benzene rings is 6. The van der Waals surface area contributed by atoms with E-state index in [9.17, 15) is 26.3 Å². The van der Waals surface area contributed by atoms with E-state index in [-0.39, 0.29) is 11.4 Å². The summed E-state index contributed by atoms with van der Waals surface area (Å²) in [6, 6.07) is 39.3. The third-order valence-corrected chi connectivity index (χ3v) is 8.70. The van der Waals surface area contributed by atoms with Gasteiger partial charge in [0.05, 0.1) is 22.2 Å². The van der Waals surface area contributed by atoms with Crippen molar-refractivity contribution < 1.29 is 26.3 Å². The number of nitrogens with zero attached hydrogens (tertiary/aromatic N) is 4. The molecule has 0 aliphatic carbocycles. The van der Waals surface area contributed by atoms with Crippen LogP contribution in [0.2, 0.25) is 0 Å². The van der Waals surface area contributed by atoms with Crippen LogP contribution >= 0.6 is 0 Å². The van der Waals surface area contributed by atoms with E-state index < -0.39 is 23.5 Å². The van der Waals surface area contributed by atoms with Gasteiger partial charge >= 0.3 is 12.4 Å². The van der Waals surface area contributed by atoms with Crippen LogP contribution in [0.4, 0.5) is 26.3 Å². The molecule has 6 aromatic carbocycles. The lowest BCUT2D eigenvalue weighted by molar-refractivity contribution is -0.138. The Morgan fingerprint density at radius 3 is 1.59 bits per heavy atom. The van der Waals surface area contributed by atoms with Gasteiger partial charge in [-0.2, -0.15) is 26.3 Å². The van der Waals surface area contributed by atoms with Crippen molar-refractivity contribution in [1.29, 1.82) is 0 Å². The summed E-state index contributed by atoms with van der Waals surface area (Å²) in [6.45, 7) is 0. The van der Waals surface area contributed by atoms with Crippen LogP contribution in [0.15, 0.2) is 146 Å². The Labute approximate surface area is 287 Å². The van der Waals surface area contributed by atoms with E-state index in [2.05, 4.69) is 0 Å². The van der Waals surface area contributed by atoms with Crippen LogP contribution in [0.25, 0.3) is 72.8 Å². The zero-order chi connectivity index (χ0) is 35.3. The number of alkyl halides is 6. The van der Waals surface area contributed by atoms with Gasteiger partial charge in [-0.3, -0.25) is 0 Å². The number of para-hydroxylation sites is 1. The van der Waals surface area contributed by atoms with Crippen LogP contribution in [0.3, 0.4) is 0 Å². The first-order chi connectivity index (χ1) is 24.5. The molecule has 0 atom stereocenters. The molecule has 8 aromatic rings. The van der Waals surface area contributed by atoms with E-state index in [1.165, 1.54) is 12.1 Å². The molecule has 0 spiro atoms. The fraction of sp³-hybridized carbons (Fsp3) is 0.0488. The molecular formula is C41H24F6N4. The first-order valence-electron chi connectivity index (χ1n) is 15.8. The van der Waals surface area contributed by atoms with Crippen LogP contribution < -0.4 is 0 Å². The lowest BCUT2D eigenvalue weighted by Gasteiger charge is -2.16. The summed E-state index contributed by atoms with van der Waals surface area (Å²) in [6.07, 6.45) is -9.18. The van der Waals surface area contributed by atoms with Crippen molar-refractivity contribution in [2.45, 2.75) is 12.4 Å². The summed E-state index contributed by atoms with van der Waals surface area (Å²) in [7, 11) is 0. The number of hydrogen-bond donors (Lipinski definition) is 0. The van der Waals surface area contributed by atoms with Gasteiger partial charge in [-0.05, 0) is 53.6 Å². The lowest BCUT2D eigenvalue weighted by Crippen LogP contribution is -2.06. The Kier molecular flexibility index (Phi) is 7.67. The van der Waals surface area contributed by atoms with Gasteiger partial charge in [-0.15, -0.1) is 0 Å². The fourth-order valence-electron chi connectivity index (χ4n) is 6.33. The van der Waals surface area contributed by atoms with Crippen molar-refractivity contribution in [1.82, 2.24) is 19.5 Å². The fourth-order valence-corrected chi connectivity index (χ4v) is 6.33. The molecule has 4 nitrogen and oxygen atoms in total. The van der Waals surface area contributed by atoms with Gasteiger partial charge in [0.15, 0.2) is 17.5 Å². The average molecular weight is 687 g/mol. The molecule has 8 rings (SSSR count). The normalized spacial score (nSPS) is 12.1. The van der Waals surface area contributed by atoms with Crippen LogP contribution in [0, 0.1) is 0 Å². The van der Waals surface area contributed by atoms with Crippen molar-refractivity contribution in [2.24, 2.45) is 0 Å². The van der Waals surface area contributed by atoms with E-state index in [0.717, 1.165) is 29.7 Å². The summed E-state index contributed by atoms with van der Waals surface area (Å²) in [5, 5.41) is 1.35. The molecule has 0 aliphatic rings. The number of fused-ring (bicyclic) bond motifs is 3. The van der Waals surface area contributed by atoms with Gasteiger partial charge in [-0.1, -0.05) is 103 Å². The number of rotatable bonds is 5. The molecule has 0 unspecified atom stereocenters. The Morgan fingerprint density at radius 1 is 0.392 bits per heavy atom. The van der Waals surface area contributed by atoms with Crippen LogP contribution in [-0.2, 0) is 12.4 Å². The van der Waals surface area contributed by atoms with Crippen LogP contribution in [0.1, 0.15) is 11.1 Å². The van der Waals surface area contributed by atoms with Gasteiger partial charge in [0.2, 0.25) is 0 Å². The van der Waals surface area contributed by atoms with Crippen molar-refractivity contribution in [3.8, 4) is 51.0 Å². The highest BCUT2D eigenvalue weighted by atomic mass is 19.4. The van der Waals surface area contributed by atoms with Gasteiger partial charge in [0.1, 0.15) is 0 Å². The molecule has 0 N–H and O–H groups in total. The largest absolute Gasteiger partial charge is 0.416 e. The number of hydrogen-bond acceptors (Lipinski definition) is 3. The SMILES string of the molecule is FC(F)(F)c1cccc(-c2ccc(-n3c4ccccc4c4ccc(C(F)(F)F)cc43)cc2-c2nc(-c3ccccc3)nc(-c3ccccc3)n2)c1. The third-order valence-electron chi connectivity index (χ3n) is 8.70. The lowest BCUT2D eigenvalue weighted by atomic mass is 9.96. The quantitative estimate of drug-likeness (QED) is 0.169. The molecule has 51 heavy (non-hydrogen) atoms. The minimum atomic E-state index is -4.59. The predicted octanol–water partition coefficient (Wildman–Crippen LogP) is 11.7. The second-order valence-electron chi connectivity index (χ2n) is 11.9. The molecule has 2 heterocycles. The first-order valence-corrected chi connectivity index (χ1v) is 15.8. The zero-order valence-corrected chi connectivity index (χ0v) is 26.4. The Balaban J connectivity index is 1.44. The monoisotopic (exact) mass is 686 g/mol. The van der Waals surface area contributed by atoms with E-state index in [4.69, 9.17) is 15.0 Å². The minimum absolute atomic E-state index is 0.175. The molecular weight excluding hydrogens is 662 g/mol. The van der Waals surface area contributed by atoms with E-state index in [1.807, 2.05) is 78.9 Å². The zero-order valence-electron chi connectivity index (χ0n) is 26.4. The van der Waals surface area contributed by atoms with Crippen molar-refractivity contribution in [2.75, 3.05) is 0 Å². The van der Waals surface area contributed by atoms with Crippen molar-refractivity contribution in [3.63, 3.8) is 0 Å². The van der Waals surface area contributed by atoms with Crippen molar-refractivity contribution >= 4 is 21.8 Å².